The largest absolute Gasteiger partial charge is 0.397 e. The lowest BCUT2D eigenvalue weighted by molar-refractivity contribution is 1.11. The van der Waals surface area contributed by atoms with Gasteiger partial charge in [-0.25, -0.2) is 0 Å². The zero-order chi connectivity index (χ0) is 10.2. The van der Waals surface area contributed by atoms with Crippen molar-refractivity contribution >= 4 is 28.9 Å². The molecule has 0 radical (unpaired) electrons. The first-order valence-electron chi connectivity index (χ1n) is 4.23. The topological polar surface area (TPSA) is 26.0 Å². The van der Waals surface area contributed by atoms with E-state index in [0.29, 0.717) is 10.7 Å². The molecule has 2 N–H and O–H groups in total. The number of nitrogen functional groups attached to an aromatic ring is 1. The Bertz CT molecular complexity index is 316. The predicted octanol–water partition coefficient (Wildman–Crippen LogP) is 3.75. The van der Waals surface area contributed by atoms with Crippen molar-refractivity contribution in [2.45, 2.75) is 27.2 Å². The minimum atomic E-state index is 0.590. The fourth-order valence-corrected chi connectivity index (χ4v) is 1.97. The monoisotopic (exact) mass is 217 g/mol. The van der Waals surface area contributed by atoms with Crippen LogP contribution in [0.5, 0.6) is 0 Å². The van der Waals surface area contributed by atoms with Crippen molar-refractivity contribution < 1.29 is 0 Å². The molecule has 0 saturated heterocycles. The molecule has 1 aromatic carbocycles. The molecule has 0 aromatic heterocycles. The van der Waals surface area contributed by atoms with E-state index < -0.39 is 0 Å². The summed E-state index contributed by atoms with van der Waals surface area (Å²) in [6, 6.07) is 0. The van der Waals surface area contributed by atoms with Gasteiger partial charge in [0, 0.05) is 5.02 Å². The Morgan fingerprint density at radius 3 is 2.08 bits per heavy atom. The Balaban J connectivity index is 3.56. The van der Waals surface area contributed by atoms with Crippen molar-refractivity contribution in [2.24, 2.45) is 0 Å². The van der Waals surface area contributed by atoms with Gasteiger partial charge in [0.25, 0.3) is 0 Å². The number of nitrogens with two attached hydrogens (primary N) is 1. The molecule has 1 nitrogen and oxygen atoms in total. The first-order chi connectivity index (χ1) is 6.00. The van der Waals surface area contributed by atoms with E-state index in [4.69, 9.17) is 28.9 Å². The van der Waals surface area contributed by atoms with E-state index >= 15 is 0 Å². The second-order valence-corrected chi connectivity index (χ2v) is 3.88. The highest BCUT2D eigenvalue weighted by Crippen LogP contribution is 2.36. The summed E-state index contributed by atoms with van der Waals surface area (Å²) >= 11 is 12.1. The summed E-state index contributed by atoms with van der Waals surface area (Å²) in [4.78, 5) is 0. The van der Waals surface area contributed by atoms with Crippen molar-refractivity contribution in [3.63, 3.8) is 0 Å². The van der Waals surface area contributed by atoms with E-state index in [2.05, 4.69) is 0 Å². The third kappa shape index (κ3) is 1.63. The van der Waals surface area contributed by atoms with Crippen LogP contribution in [0.4, 0.5) is 5.69 Å². The lowest BCUT2D eigenvalue weighted by Crippen LogP contribution is -2.00. The molecule has 3 heteroatoms. The number of rotatable bonds is 1. The van der Waals surface area contributed by atoms with Crippen molar-refractivity contribution in [3.8, 4) is 0 Å². The summed E-state index contributed by atoms with van der Waals surface area (Å²) in [5, 5.41) is 1.32. The van der Waals surface area contributed by atoms with Crippen LogP contribution in [0, 0.1) is 13.8 Å². The van der Waals surface area contributed by atoms with Gasteiger partial charge in [-0.2, -0.15) is 0 Å². The van der Waals surface area contributed by atoms with Gasteiger partial charge in [-0.1, -0.05) is 30.1 Å². The molecule has 1 rings (SSSR count). The number of anilines is 1. The second kappa shape index (κ2) is 3.77. The molecule has 0 amide bonds. The highest BCUT2D eigenvalue weighted by molar-refractivity contribution is 6.38. The van der Waals surface area contributed by atoms with Crippen molar-refractivity contribution in [1.82, 2.24) is 0 Å². The molecular weight excluding hydrogens is 205 g/mol. The maximum absolute atomic E-state index is 6.10. The standard InChI is InChI=1S/C10H13Cl2N/c1-4-7-5(2)8(11)6(3)9(12)10(7)13/h4,13H2,1-3H3. The summed E-state index contributed by atoms with van der Waals surface area (Å²) in [5.74, 6) is 0. The number of hydrogen-bond acceptors (Lipinski definition) is 1. The fraction of sp³-hybridized carbons (Fsp3) is 0.400. The summed E-state index contributed by atoms with van der Waals surface area (Å²) < 4.78 is 0. The van der Waals surface area contributed by atoms with Crippen LogP contribution in [-0.2, 0) is 6.42 Å². The molecule has 0 spiro atoms. The average Bonchev–Trinajstić information content (AvgIpc) is 2.13. The summed E-state index contributed by atoms with van der Waals surface area (Å²) in [6.07, 6.45) is 0.859. The van der Waals surface area contributed by atoms with E-state index in [1.807, 2.05) is 20.8 Å². The Morgan fingerprint density at radius 2 is 1.62 bits per heavy atom. The van der Waals surface area contributed by atoms with Crippen LogP contribution < -0.4 is 5.73 Å². The van der Waals surface area contributed by atoms with Gasteiger partial charge in [0.05, 0.1) is 10.7 Å². The van der Waals surface area contributed by atoms with Crippen LogP contribution in [0.2, 0.25) is 10.0 Å². The maximum atomic E-state index is 6.10. The lowest BCUT2D eigenvalue weighted by Gasteiger charge is -2.14. The normalized spacial score (nSPS) is 10.5. The minimum Gasteiger partial charge on any atom is -0.397 e. The molecule has 0 bridgehead atoms. The van der Waals surface area contributed by atoms with Crippen molar-refractivity contribution in [3.05, 3.63) is 26.7 Å². The van der Waals surface area contributed by atoms with Gasteiger partial charge < -0.3 is 5.73 Å². The summed E-state index contributed by atoms with van der Waals surface area (Å²) in [7, 11) is 0. The molecule has 0 saturated carbocycles. The van der Waals surface area contributed by atoms with Crippen LogP contribution in [0.3, 0.4) is 0 Å². The average molecular weight is 218 g/mol. The van der Waals surface area contributed by atoms with Gasteiger partial charge in [-0.05, 0) is 37.0 Å². The Morgan fingerprint density at radius 1 is 1.08 bits per heavy atom. The molecule has 0 aliphatic carbocycles. The van der Waals surface area contributed by atoms with Crippen molar-refractivity contribution in [2.75, 3.05) is 5.73 Å². The van der Waals surface area contributed by atoms with E-state index in [0.717, 1.165) is 28.1 Å². The minimum absolute atomic E-state index is 0.590. The maximum Gasteiger partial charge on any atom is 0.0682 e. The molecule has 0 fully saturated rings. The molecule has 0 unspecified atom stereocenters. The van der Waals surface area contributed by atoms with Crippen LogP contribution in [0.15, 0.2) is 0 Å². The first kappa shape index (κ1) is 10.7. The zero-order valence-corrected chi connectivity index (χ0v) is 9.55. The van der Waals surface area contributed by atoms with E-state index in [9.17, 15) is 0 Å². The molecule has 0 heterocycles. The molecule has 0 aliphatic rings. The summed E-state index contributed by atoms with van der Waals surface area (Å²) in [6.45, 7) is 5.90. The molecule has 1 aromatic rings. The van der Waals surface area contributed by atoms with Crippen LogP contribution in [-0.4, -0.2) is 0 Å². The van der Waals surface area contributed by atoms with Gasteiger partial charge in [-0.3, -0.25) is 0 Å². The predicted molar refractivity (Wildman–Crippen MR) is 59.7 cm³/mol. The second-order valence-electron chi connectivity index (χ2n) is 3.12. The third-order valence-electron chi connectivity index (χ3n) is 2.36. The Hall–Kier alpha value is -0.400. The Labute approximate surface area is 88.8 Å². The SMILES string of the molecule is CCc1c(C)c(Cl)c(C)c(Cl)c1N. The van der Waals surface area contributed by atoms with Crippen LogP contribution in [0.25, 0.3) is 0 Å². The van der Waals surface area contributed by atoms with Crippen LogP contribution >= 0.6 is 23.2 Å². The van der Waals surface area contributed by atoms with Crippen molar-refractivity contribution in [1.29, 1.82) is 0 Å². The van der Waals surface area contributed by atoms with Gasteiger partial charge in [0.15, 0.2) is 0 Å². The number of benzene rings is 1. The van der Waals surface area contributed by atoms with E-state index in [1.54, 1.807) is 0 Å². The first-order valence-corrected chi connectivity index (χ1v) is 4.98. The van der Waals surface area contributed by atoms with E-state index in [1.165, 1.54) is 0 Å². The van der Waals surface area contributed by atoms with Gasteiger partial charge >= 0.3 is 0 Å². The van der Waals surface area contributed by atoms with Gasteiger partial charge in [0.2, 0.25) is 0 Å². The highest BCUT2D eigenvalue weighted by Gasteiger charge is 2.13. The zero-order valence-electron chi connectivity index (χ0n) is 8.04. The van der Waals surface area contributed by atoms with Gasteiger partial charge in [0.1, 0.15) is 0 Å². The molecule has 13 heavy (non-hydrogen) atoms. The molecule has 0 atom stereocenters. The fourth-order valence-electron chi connectivity index (χ4n) is 1.50. The van der Waals surface area contributed by atoms with Crippen LogP contribution in [0.1, 0.15) is 23.6 Å². The smallest absolute Gasteiger partial charge is 0.0682 e. The third-order valence-corrected chi connectivity index (χ3v) is 3.41. The lowest BCUT2D eigenvalue weighted by atomic mass is 10.0. The molecular formula is C10H13Cl2N. The van der Waals surface area contributed by atoms with Gasteiger partial charge in [-0.15, -0.1) is 0 Å². The number of halogens is 2. The molecule has 0 aliphatic heterocycles. The van der Waals surface area contributed by atoms with E-state index in [-0.39, 0.29) is 0 Å². The number of hydrogen-bond donors (Lipinski definition) is 1. The highest BCUT2D eigenvalue weighted by atomic mass is 35.5. The molecule has 72 valence electrons. The summed E-state index contributed by atoms with van der Waals surface area (Å²) in [5.41, 5.74) is 9.51. The quantitative estimate of drug-likeness (QED) is 0.713. The Kier molecular flexibility index (Phi) is 3.09.